The van der Waals surface area contributed by atoms with E-state index in [9.17, 15) is 29.4 Å². The molecule has 1 unspecified atom stereocenters. The molecule has 342 valence electrons. The molecule has 2 aromatic carbocycles. The predicted octanol–water partition coefficient (Wildman–Crippen LogP) is 4.79. The van der Waals surface area contributed by atoms with Gasteiger partial charge in [0.15, 0.2) is 0 Å². The number of allylic oxidation sites excluding steroid dienone is 1. The molecule has 2 saturated heterocycles. The zero-order valence-corrected chi connectivity index (χ0v) is 36.6. The molecular weight excluding hydrogens is 821 g/mol. The lowest BCUT2D eigenvalue weighted by Gasteiger charge is -2.56. The topological polar surface area (TPSA) is 221 Å². The number of phenols is 1. The Kier molecular flexibility index (Phi) is 14.6. The first-order valence-corrected chi connectivity index (χ1v) is 22.1. The van der Waals surface area contributed by atoms with Gasteiger partial charge in [0.2, 0.25) is 17.7 Å². The molecule has 1 spiro atoms. The maximum absolute atomic E-state index is 13.5. The zero-order chi connectivity index (χ0) is 45.3. The van der Waals surface area contributed by atoms with Gasteiger partial charge in [-0.15, -0.1) is 0 Å². The number of aliphatic carboxylic acids is 1. The summed E-state index contributed by atoms with van der Waals surface area (Å²) < 4.78 is 17.5. The van der Waals surface area contributed by atoms with Crippen LogP contribution in [0.5, 0.6) is 11.6 Å². The Bertz CT molecular complexity index is 2200. The van der Waals surface area contributed by atoms with Gasteiger partial charge in [0.05, 0.1) is 18.9 Å². The molecular formula is C47H60N8O9. The van der Waals surface area contributed by atoms with E-state index in [1.54, 1.807) is 60.8 Å². The number of pyridine rings is 1. The molecule has 2 saturated carbocycles. The highest BCUT2D eigenvalue weighted by atomic mass is 16.5. The number of aromatic nitrogens is 1. The van der Waals surface area contributed by atoms with Crippen LogP contribution < -0.4 is 31.3 Å². The van der Waals surface area contributed by atoms with Crippen LogP contribution >= 0.6 is 0 Å². The number of amides is 3. The molecule has 2 aliphatic carbocycles. The molecule has 0 radical (unpaired) electrons. The Hall–Kier alpha value is -6.33. The summed E-state index contributed by atoms with van der Waals surface area (Å²) in [5.41, 5.74) is 7.98. The van der Waals surface area contributed by atoms with Gasteiger partial charge in [0.25, 0.3) is 0 Å². The molecule has 17 heteroatoms. The number of unbranched alkanes of at least 4 members (excludes halogenated alkanes) is 1. The van der Waals surface area contributed by atoms with E-state index in [1.165, 1.54) is 0 Å². The predicted molar refractivity (Wildman–Crippen MR) is 240 cm³/mol. The molecule has 1 atom stereocenters. The highest BCUT2D eigenvalue weighted by Gasteiger charge is 2.52. The minimum absolute atomic E-state index is 0.0635. The molecule has 1 aromatic heterocycles. The number of nitrogens with one attached hydrogen (secondary N) is 3. The van der Waals surface area contributed by atoms with Gasteiger partial charge in [-0.3, -0.25) is 19.7 Å². The number of carbonyl (C=O) groups is 4. The van der Waals surface area contributed by atoms with Crippen molar-refractivity contribution >= 4 is 41.3 Å². The number of benzene rings is 2. The van der Waals surface area contributed by atoms with E-state index < -0.39 is 35.3 Å². The van der Waals surface area contributed by atoms with Gasteiger partial charge in [0.1, 0.15) is 41.3 Å². The van der Waals surface area contributed by atoms with E-state index >= 15 is 0 Å². The third kappa shape index (κ3) is 10.9. The minimum Gasteiger partial charge on any atom is -0.507 e. The average molecular weight is 881 g/mol. The van der Waals surface area contributed by atoms with Crippen molar-refractivity contribution in [1.82, 2.24) is 25.4 Å². The number of hydrogen-bond donors (Lipinski definition) is 6. The van der Waals surface area contributed by atoms with Gasteiger partial charge < -0.3 is 55.5 Å². The van der Waals surface area contributed by atoms with E-state index in [0.717, 1.165) is 37.9 Å². The van der Waals surface area contributed by atoms with Crippen LogP contribution in [0.25, 0.3) is 6.08 Å². The van der Waals surface area contributed by atoms with Gasteiger partial charge in [-0.1, -0.05) is 36.8 Å². The number of hydrogen-bond acceptors (Lipinski definition) is 13. The van der Waals surface area contributed by atoms with Gasteiger partial charge in [-0.05, 0) is 114 Å². The number of ether oxygens (including phenoxy) is 3. The van der Waals surface area contributed by atoms with Crippen LogP contribution in [0, 0.1) is 5.41 Å². The SMILES string of the molecule is CN(C)CCCCC(NC(=O)C1(C(=O)O)CCC1)C(=O)Nc1ccc(COC(=O)N/C(N)=C(/C=C/c2ccccc2O)N2CCN(c3ccnc(OC4CCC4)c3)C3(COC3)C2)cc1. The maximum Gasteiger partial charge on any atom is 0.413 e. The number of piperazine rings is 1. The average Bonchev–Trinajstić information content (AvgIpc) is 3.22. The van der Waals surface area contributed by atoms with E-state index in [0.29, 0.717) is 80.5 Å². The van der Waals surface area contributed by atoms with Gasteiger partial charge in [-0.25, -0.2) is 9.78 Å². The van der Waals surface area contributed by atoms with Crippen LogP contribution in [-0.4, -0.2) is 120 Å². The summed E-state index contributed by atoms with van der Waals surface area (Å²) in [5.74, 6) is -1.49. The summed E-state index contributed by atoms with van der Waals surface area (Å²) in [5, 5.41) is 28.6. The lowest BCUT2D eigenvalue weighted by Crippen LogP contribution is -2.71. The van der Waals surface area contributed by atoms with E-state index in [-0.39, 0.29) is 42.7 Å². The molecule has 64 heavy (non-hydrogen) atoms. The van der Waals surface area contributed by atoms with Gasteiger partial charge in [-0.2, -0.15) is 0 Å². The Morgan fingerprint density at radius 3 is 2.44 bits per heavy atom. The number of aromatic hydroxyl groups is 1. The Morgan fingerprint density at radius 1 is 1.03 bits per heavy atom. The van der Waals surface area contributed by atoms with Crippen molar-refractivity contribution in [2.45, 2.75) is 82.1 Å². The lowest BCUT2D eigenvalue weighted by molar-refractivity contribution is -0.162. The van der Waals surface area contributed by atoms with Crippen LogP contribution in [-0.2, 0) is 30.5 Å². The first-order chi connectivity index (χ1) is 30.8. The van der Waals surface area contributed by atoms with E-state index in [4.69, 9.17) is 19.9 Å². The summed E-state index contributed by atoms with van der Waals surface area (Å²) in [6.07, 6.45) is 10.9. The van der Waals surface area contributed by atoms with E-state index in [2.05, 4.69) is 30.7 Å². The number of rotatable bonds is 19. The molecule has 7 rings (SSSR count). The molecule has 4 aliphatic rings. The second-order valence-corrected chi connectivity index (χ2v) is 17.5. The number of nitrogens with zero attached hydrogens (tertiary/aromatic N) is 4. The largest absolute Gasteiger partial charge is 0.507 e. The Labute approximate surface area is 373 Å². The molecule has 4 fully saturated rings. The van der Waals surface area contributed by atoms with Crippen LogP contribution in [0.2, 0.25) is 0 Å². The molecule has 3 amide bonds. The smallest absolute Gasteiger partial charge is 0.413 e. The van der Waals surface area contributed by atoms with Crippen LogP contribution in [0.4, 0.5) is 16.2 Å². The number of nitrogens with two attached hydrogens (primary N) is 1. The second kappa shape index (κ2) is 20.5. The zero-order valence-electron chi connectivity index (χ0n) is 36.6. The van der Waals surface area contributed by atoms with Crippen molar-refractivity contribution in [2.24, 2.45) is 11.1 Å². The number of carbonyl (C=O) groups excluding carboxylic acids is 3. The third-order valence-electron chi connectivity index (χ3n) is 12.6. The monoisotopic (exact) mass is 880 g/mol. The summed E-state index contributed by atoms with van der Waals surface area (Å²) >= 11 is 0. The molecule has 2 aliphatic heterocycles. The second-order valence-electron chi connectivity index (χ2n) is 17.5. The van der Waals surface area contributed by atoms with Crippen molar-refractivity contribution in [3.63, 3.8) is 0 Å². The molecule has 17 nitrogen and oxygen atoms in total. The fraction of sp³-hybridized carbons (Fsp3) is 0.468. The highest BCUT2D eigenvalue weighted by molar-refractivity contribution is 6.05. The fourth-order valence-corrected chi connectivity index (χ4v) is 8.31. The number of carboxylic acids is 1. The maximum atomic E-state index is 13.5. The lowest BCUT2D eigenvalue weighted by atomic mass is 9.68. The highest BCUT2D eigenvalue weighted by Crippen LogP contribution is 2.42. The molecule has 3 heterocycles. The minimum atomic E-state index is -1.50. The van der Waals surface area contributed by atoms with Crippen LogP contribution in [0.1, 0.15) is 68.9 Å². The number of alkyl carbamates (subject to hydrolysis) is 1. The standard InChI is InChI=1S/C47H60N8O9/c1-53(2)24-6-5-12-37(51-43(58)47(44(59)60)21-8-22-47)42(57)50-34-17-14-32(15-18-34)28-63-45(61)52-41(48)38(19-16-33-9-3-4-13-39(33)56)54-25-26-55(46(29-54)30-62-31-46)35-20-23-49-40(27-35)64-36-10-7-11-36/h3-4,9,13-20,23,27,36-37,56H,5-8,10-12,21-22,24-26,28-31,48H2,1-2H3,(H,50,57)(H,51,58)(H,52,61)(H,59,60)/b19-16+,41-38-. The van der Waals surface area contributed by atoms with Crippen molar-refractivity contribution in [3.8, 4) is 11.6 Å². The first-order valence-electron chi connectivity index (χ1n) is 22.1. The summed E-state index contributed by atoms with van der Waals surface area (Å²) in [4.78, 5) is 62.8. The van der Waals surface area contributed by atoms with Crippen molar-refractivity contribution in [1.29, 1.82) is 0 Å². The van der Waals surface area contributed by atoms with Crippen LogP contribution in [0.3, 0.4) is 0 Å². The number of carboxylic acid groups (broad SMARTS) is 1. The van der Waals surface area contributed by atoms with E-state index in [1.807, 2.05) is 37.2 Å². The molecule has 0 bridgehead atoms. The fourth-order valence-electron chi connectivity index (χ4n) is 8.31. The summed E-state index contributed by atoms with van der Waals surface area (Å²) in [6.45, 7) is 3.38. The quantitative estimate of drug-likeness (QED) is 0.0542. The molecule has 3 aromatic rings. The van der Waals surface area contributed by atoms with Gasteiger partial charge in [0, 0.05) is 48.8 Å². The van der Waals surface area contributed by atoms with Crippen molar-refractivity contribution in [3.05, 3.63) is 95.6 Å². The third-order valence-corrected chi connectivity index (χ3v) is 12.6. The van der Waals surface area contributed by atoms with Gasteiger partial charge >= 0.3 is 12.1 Å². The van der Waals surface area contributed by atoms with Crippen molar-refractivity contribution < 1.29 is 43.6 Å². The summed E-state index contributed by atoms with van der Waals surface area (Å²) in [7, 11) is 3.91. The Balaban J connectivity index is 0.989. The number of anilines is 2. The summed E-state index contributed by atoms with van der Waals surface area (Å²) in [6, 6.07) is 16.7. The first kappa shape index (κ1) is 45.7. The normalized spacial score (nSPS) is 18.5. The van der Waals surface area contributed by atoms with Crippen LogP contribution in [0.15, 0.2) is 84.5 Å². The Morgan fingerprint density at radius 2 is 1.80 bits per heavy atom. The number of phenolic OH excluding ortho intramolecular Hbond substituents is 1. The number of para-hydroxylation sites is 1. The molecule has 7 N–H and O–H groups in total. The van der Waals surface area contributed by atoms with Crippen molar-refractivity contribution in [2.75, 3.05) is 63.7 Å².